The summed E-state index contributed by atoms with van der Waals surface area (Å²) < 4.78 is 23.7. The number of hydrogen-bond donors (Lipinski definition) is 3. The van der Waals surface area contributed by atoms with Crippen molar-refractivity contribution in [3.05, 3.63) is 12.2 Å². The van der Waals surface area contributed by atoms with Crippen molar-refractivity contribution in [3.8, 4) is 0 Å². The van der Waals surface area contributed by atoms with Gasteiger partial charge in [-0.25, -0.2) is 4.57 Å². The van der Waals surface area contributed by atoms with Crippen LogP contribution in [0.3, 0.4) is 0 Å². The van der Waals surface area contributed by atoms with Crippen molar-refractivity contribution < 1.29 is 32.9 Å². The second-order valence-corrected chi connectivity index (χ2v) is 20.7. The summed E-state index contributed by atoms with van der Waals surface area (Å²) in [7, 11) is 1.62. The lowest BCUT2D eigenvalue weighted by atomic mass is 10.0. The second-order valence-electron chi connectivity index (χ2n) is 19.3. The van der Waals surface area contributed by atoms with Crippen molar-refractivity contribution in [1.29, 1.82) is 0 Å². The van der Waals surface area contributed by atoms with E-state index in [2.05, 4.69) is 31.3 Å². The molecule has 0 rings (SSSR count). The molecule has 0 aromatic carbocycles. The predicted molar refractivity (Wildman–Crippen MR) is 259 cm³/mol. The molecule has 60 heavy (non-hydrogen) atoms. The molecule has 0 radical (unpaired) electrons. The number of hydrogen-bond acceptors (Lipinski definition) is 5. The maximum Gasteiger partial charge on any atom is 0.472 e. The number of nitrogens with zero attached hydrogens (tertiary/aromatic N) is 1. The maximum atomic E-state index is 12.9. The molecule has 0 aliphatic rings. The van der Waals surface area contributed by atoms with Crippen LogP contribution in [0.2, 0.25) is 0 Å². The zero-order chi connectivity index (χ0) is 44.3. The lowest BCUT2D eigenvalue weighted by Crippen LogP contribution is -2.46. The molecule has 0 saturated carbocycles. The van der Waals surface area contributed by atoms with E-state index in [1.807, 2.05) is 21.1 Å². The largest absolute Gasteiger partial charge is 0.472 e. The number of likely N-dealkylation sites (N-methyl/N-ethyl adjacent to an activating group) is 1. The molecular weight excluding hydrogens is 768 g/mol. The first-order valence-electron chi connectivity index (χ1n) is 26.1. The monoisotopic (exact) mass is 872 g/mol. The molecule has 9 heteroatoms. The van der Waals surface area contributed by atoms with E-state index >= 15 is 0 Å². The van der Waals surface area contributed by atoms with Gasteiger partial charge in [0.1, 0.15) is 13.2 Å². The summed E-state index contributed by atoms with van der Waals surface area (Å²) >= 11 is 0. The Bertz CT molecular complexity index is 989. The quantitative estimate of drug-likeness (QED) is 0.0243. The molecule has 0 aromatic rings. The standard InChI is InChI=1S/C51H103N2O6P/c1-6-8-10-12-14-16-18-20-21-22-23-24-25-26-27-28-29-30-31-33-34-36-38-40-42-44-50(54)49(48-59-60(56,57)58-47-46-53(3,4)5)52-51(55)45-43-41-39-37-35-32-19-17-15-13-11-9-7-2/h32,35,49-50,54H,6-31,33-34,36-48H2,1-5H3,(H-,52,55,56,57)/p+1/b35-32-. The summed E-state index contributed by atoms with van der Waals surface area (Å²) in [6.45, 7) is 4.89. The fourth-order valence-corrected chi connectivity index (χ4v) is 8.60. The lowest BCUT2D eigenvalue weighted by Gasteiger charge is -2.26. The molecule has 0 aromatic heterocycles. The van der Waals surface area contributed by atoms with Crippen molar-refractivity contribution >= 4 is 13.7 Å². The Kier molecular flexibility index (Phi) is 42.9. The van der Waals surface area contributed by atoms with E-state index in [9.17, 15) is 19.4 Å². The molecule has 0 saturated heterocycles. The van der Waals surface area contributed by atoms with Crippen molar-refractivity contribution in [2.24, 2.45) is 0 Å². The van der Waals surface area contributed by atoms with Crippen molar-refractivity contribution in [2.75, 3.05) is 40.9 Å². The van der Waals surface area contributed by atoms with E-state index < -0.39 is 20.0 Å². The molecule has 8 nitrogen and oxygen atoms in total. The minimum Gasteiger partial charge on any atom is -0.391 e. The van der Waals surface area contributed by atoms with Crippen LogP contribution in [0.4, 0.5) is 0 Å². The van der Waals surface area contributed by atoms with Crippen LogP contribution in [0.25, 0.3) is 0 Å². The van der Waals surface area contributed by atoms with Gasteiger partial charge >= 0.3 is 7.82 Å². The minimum absolute atomic E-state index is 0.0741. The first-order chi connectivity index (χ1) is 29.0. The van der Waals surface area contributed by atoms with Crippen LogP contribution in [0.1, 0.15) is 258 Å². The Morgan fingerprint density at radius 2 is 0.900 bits per heavy atom. The van der Waals surface area contributed by atoms with E-state index in [1.54, 1.807) is 0 Å². The van der Waals surface area contributed by atoms with Crippen LogP contribution >= 0.6 is 7.82 Å². The Morgan fingerprint density at radius 1 is 0.550 bits per heavy atom. The molecule has 0 heterocycles. The van der Waals surface area contributed by atoms with Crippen LogP contribution < -0.4 is 5.32 Å². The van der Waals surface area contributed by atoms with E-state index in [-0.39, 0.29) is 19.1 Å². The zero-order valence-corrected chi connectivity index (χ0v) is 41.6. The number of phosphoric acid groups is 1. The Hall–Kier alpha value is -0.760. The third-order valence-electron chi connectivity index (χ3n) is 12.0. The van der Waals surface area contributed by atoms with Gasteiger partial charge in [-0.1, -0.05) is 225 Å². The topological polar surface area (TPSA) is 105 Å². The fraction of sp³-hybridized carbons (Fsp3) is 0.941. The van der Waals surface area contributed by atoms with Crippen LogP contribution in [-0.4, -0.2) is 73.4 Å². The highest BCUT2D eigenvalue weighted by Crippen LogP contribution is 2.43. The average Bonchev–Trinajstić information content (AvgIpc) is 3.20. The van der Waals surface area contributed by atoms with Crippen LogP contribution in [0.15, 0.2) is 12.2 Å². The van der Waals surface area contributed by atoms with Crippen molar-refractivity contribution in [3.63, 3.8) is 0 Å². The fourth-order valence-electron chi connectivity index (χ4n) is 7.87. The lowest BCUT2D eigenvalue weighted by molar-refractivity contribution is -0.870. The van der Waals surface area contributed by atoms with Gasteiger partial charge in [-0.3, -0.25) is 13.8 Å². The van der Waals surface area contributed by atoms with Gasteiger partial charge in [-0.2, -0.15) is 0 Å². The Balaban J connectivity index is 4.15. The number of quaternary nitrogens is 1. The molecule has 0 aliphatic heterocycles. The zero-order valence-electron chi connectivity index (χ0n) is 40.7. The maximum absolute atomic E-state index is 12.9. The minimum atomic E-state index is -4.32. The first kappa shape index (κ1) is 59.2. The van der Waals surface area contributed by atoms with Gasteiger partial charge in [0.25, 0.3) is 0 Å². The smallest absolute Gasteiger partial charge is 0.391 e. The molecule has 0 bridgehead atoms. The molecule has 0 aliphatic carbocycles. The van der Waals surface area contributed by atoms with Crippen LogP contribution in [0, 0.1) is 0 Å². The number of nitrogens with one attached hydrogen (secondary N) is 1. The number of allylic oxidation sites excluding steroid dienone is 2. The van der Waals surface area contributed by atoms with Gasteiger partial charge < -0.3 is 19.8 Å². The summed E-state index contributed by atoms with van der Waals surface area (Å²) in [5.74, 6) is -0.158. The highest BCUT2D eigenvalue weighted by molar-refractivity contribution is 7.47. The van der Waals surface area contributed by atoms with Gasteiger partial charge in [0, 0.05) is 6.42 Å². The normalized spacial score (nSPS) is 14.2. The Labute approximate surface area is 373 Å². The summed E-state index contributed by atoms with van der Waals surface area (Å²) in [5.41, 5.74) is 0. The molecule has 3 atom stereocenters. The summed E-state index contributed by atoms with van der Waals surface area (Å²) in [6, 6.07) is -0.765. The van der Waals surface area contributed by atoms with Crippen LogP contribution in [-0.2, 0) is 18.4 Å². The third-order valence-corrected chi connectivity index (χ3v) is 13.0. The predicted octanol–water partition coefficient (Wildman–Crippen LogP) is 15.1. The molecule has 0 spiro atoms. The highest BCUT2D eigenvalue weighted by atomic mass is 31.2. The highest BCUT2D eigenvalue weighted by Gasteiger charge is 2.28. The molecule has 3 unspecified atom stereocenters. The first-order valence-corrected chi connectivity index (χ1v) is 27.5. The molecule has 0 fully saturated rings. The number of aliphatic hydroxyl groups excluding tert-OH is 1. The van der Waals surface area contributed by atoms with E-state index in [0.717, 1.165) is 51.4 Å². The van der Waals surface area contributed by atoms with E-state index in [4.69, 9.17) is 9.05 Å². The Morgan fingerprint density at radius 3 is 1.28 bits per heavy atom. The molecule has 3 N–H and O–H groups in total. The number of amides is 1. The number of rotatable bonds is 48. The number of unbranched alkanes of at least 4 members (excludes halogenated alkanes) is 33. The SMILES string of the molecule is CCCCCCCC/C=C\CCCCCC(=O)NC(COP(=O)(O)OCC[N+](C)(C)C)C(O)CCCCCCCCCCCCCCCCCCCCCCCCCCC. The number of carbonyl (C=O) groups excluding carboxylic acids is 1. The average molecular weight is 872 g/mol. The summed E-state index contributed by atoms with van der Waals surface area (Å²) in [4.78, 5) is 23.2. The number of aliphatic hydroxyl groups is 1. The summed E-state index contributed by atoms with van der Waals surface area (Å²) in [6.07, 6.45) is 51.2. The van der Waals surface area contributed by atoms with Crippen molar-refractivity contribution in [2.45, 2.75) is 270 Å². The number of phosphoric ester groups is 1. The van der Waals surface area contributed by atoms with Gasteiger partial charge in [0.2, 0.25) is 5.91 Å². The summed E-state index contributed by atoms with van der Waals surface area (Å²) in [5, 5.41) is 14.0. The van der Waals surface area contributed by atoms with Crippen molar-refractivity contribution in [1.82, 2.24) is 5.32 Å². The van der Waals surface area contributed by atoms with Gasteiger partial charge in [-0.15, -0.1) is 0 Å². The second kappa shape index (κ2) is 43.5. The van der Waals surface area contributed by atoms with E-state index in [1.165, 1.54) is 180 Å². The van der Waals surface area contributed by atoms with Gasteiger partial charge in [0.15, 0.2) is 0 Å². The van der Waals surface area contributed by atoms with Crippen LogP contribution in [0.5, 0.6) is 0 Å². The molecule has 1 amide bonds. The number of carbonyl (C=O) groups is 1. The molecular formula is C51H104N2O6P+. The van der Waals surface area contributed by atoms with Gasteiger partial charge in [-0.05, 0) is 38.5 Å². The molecule has 358 valence electrons. The van der Waals surface area contributed by atoms with E-state index in [0.29, 0.717) is 23.9 Å². The van der Waals surface area contributed by atoms with Gasteiger partial charge in [0.05, 0.1) is 39.9 Å². The third kappa shape index (κ3) is 45.3.